The largest absolute Gasteiger partial charge is 0.496 e. The number of anilines is 2. The van der Waals surface area contributed by atoms with Gasteiger partial charge in [-0.05, 0) is 54.5 Å². The van der Waals surface area contributed by atoms with Crippen molar-refractivity contribution in [1.29, 1.82) is 0 Å². The number of rotatable bonds is 3. The normalized spacial score (nSPS) is 19.2. The van der Waals surface area contributed by atoms with Gasteiger partial charge in [0.2, 0.25) is 0 Å². The molecule has 0 saturated carbocycles. The monoisotopic (exact) mass is 471 g/mol. The van der Waals surface area contributed by atoms with Gasteiger partial charge in [0.25, 0.3) is 5.56 Å². The average Bonchev–Trinajstić information content (AvgIpc) is 3.19. The van der Waals surface area contributed by atoms with Gasteiger partial charge < -0.3 is 28.8 Å². The topological polar surface area (TPSA) is 99.9 Å². The van der Waals surface area contributed by atoms with Crippen LogP contribution in [0.1, 0.15) is 54.2 Å². The molecule has 1 fully saturated rings. The summed E-state index contributed by atoms with van der Waals surface area (Å²) in [5, 5.41) is 7.72. The quantitative estimate of drug-likeness (QED) is 0.687. The first kappa shape index (κ1) is 24.3. The highest BCUT2D eigenvalue weighted by Gasteiger charge is 2.52. The number of fused-ring (bicyclic) bond motifs is 1. The van der Waals surface area contributed by atoms with Crippen molar-refractivity contribution in [2.45, 2.75) is 78.4 Å². The fourth-order valence-corrected chi connectivity index (χ4v) is 3.88. The Kier molecular flexibility index (Phi) is 5.84. The summed E-state index contributed by atoms with van der Waals surface area (Å²) in [6.45, 7) is 14.9. The number of carbonyl (C=O) groups is 1. The molecule has 0 unspecified atom stereocenters. The number of nitrogens with zero attached hydrogens (tertiary/aromatic N) is 4. The van der Waals surface area contributed by atoms with E-state index in [-0.39, 0.29) is 11.7 Å². The summed E-state index contributed by atoms with van der Waals surface area (Å²) < 4.78 is 21.1. The maximum atomic E-state index is 12.8. The molecule has 0 atom stereocenters. The van der Waals surface area contributed by atoms with Gasteiger partial charge in [-0.15, -0.1) is 0 Å². The lowest BCUT2D eigenvalue weighted by Crippen LogP contribution is -2.41. The molecule has 11 heteroatoms. The first-order valence-electron chi connectivity index (χ1n) is 11.5. The van der Waals surface area contributed by atoms with Crippen molar-refractivity contribution in [3.05, 3.63) is 34.4 Å². The van der Waals surface area contributed by atoms with Crippen LogP contribution in [0.15, 0.2) is 23.1 Å². The molecule has 0 aliphatic carbocycles. The molecule has 1 amide bonds. The minimum Gasteiger partial charge on any atom is -0.444 e. The van der Waals surface area contributed by atoms with E-state index in [0.717, 1.165) is 11.2 Å². The van der Waals surface area contributed by atoms with Crippen LogP contribution in [0.4, 0.5) is 16.3 Å². The molecule has 0 radical (unpaired) electrons. The molecular formula is C23H34BN5O5. The molecular weight excluding hydrogens is 437 g/mol. The second kappa shape index (κ2) is 8.16. The zero-order chi connectivity index (χ0) is 25.1. The molecule has 2 aliphatic heterocycles. The average molecular weight is 471 g/mol. The van der Waals surface area contributed by atoms with Gasteiger partial charge in [-0.25, -0.2) is 4.79 Å². The number of nitrogens with one attached hydrogen (secondary N) is 1. The fraction of sp³-hybridized carbons (Fsp3) is 0.609. The molecule has 2 aromatic heterocycles. The van der Waals surface area contributed by atoms with Crippen LogP contribution >= 0.6 is 0 Å². The van der Waals surface area contributed by atoms with Gasteiger partial charge in [-0.2, -0.15) is 5.10 Å². The second-order valence-electron chi connectivity index (χ2n) is 11.0. The van der Waals surface area contributed by atoms with E-state index >= 15 is 0 Å². The van der Waals surface area contributed by atoms with Gasteiger partial charge in [0.15, 0.2) is 5.82 Å². The van der Waals surface area contributed by atoms with E-state index in [1.165, 1.54) is 4.57 Å². The van der Waals surface area contributed by atoms with Crippen molar-refractivity contribution in [2.24, 2.45) is 7.05 Å². The maximum Gasteiger partial charge on any atom is 0.496 e. The Morgan fingerprint density at radius 1 is 1.15 bits per heavy atom. The van der Waals surface area contributed by atoms with Crippen LogP contribution in [-0.2, 0) is 34.2 Å². The summed E-state index contributed by atoms with van der Waals surface area (Å²) in [6, 6.07) is 3.59. The number of hydrogen-bond donors (Lipinski definition) is 1. The van der Waals surface area contributed by atoms with E-state index in [1.54, 1.807) is 24.2 Å². The summed E-state index contributed by atoms with van der Waals surface area (Å²) >= 11 is 0. The number of carbonyl (C=O) groups excluding carboxylic acids is 1. The van der Waals surface area contributed by atoms with Crippen LogP contribution < -0.4 is 16.3 Å². The first-order chi connectivity index (χ1) is 15.6. The molecule has 10 nitrogen and oxygen atoms in total. The Morgan fingerprint density at radius 3 is 2.41 bits per heavy atom. The van der Waals surface area contributed by atoms with Crippen LogP contribution in [-0.4, -0.2) is 55.8 Å². The number of hydrogen-bond acceptors (Lipinski definition) is 7. The summed E-state index contributed by atoms with van der Waals surface area (Å²) in [7, 11) is 1.11. The van der Waals surface area contributed by atoms with Crippen LogP contribution in [0.25, 0.3) is 0 Å². The molecule has 184 valence electrons. The van der Waals surface area contributed by atoms with E-state index in [9.17, 15) is 9.59 Å². The summed E-state index contributed by atoms with van der Waals surface area (Å²) in [4.78, 5) is 26.9. The Balaban J connectivity index is 1.54. The van der Waals surface area contributed by atoms with Gasteiger partial charge >= 0.3 is 13.2 Å². The SMILES string of the molecule is Cn1cc(B2OC(C)(C)C(C)(C)O2)cc(Nc2cc3n(n2)CCN(C(=O)OC(C)(C)C)C3)c1=O. The summed E-state index contributed by atoms with van der Waals surface area (Å²) in [6.07, 6.45) is 1.38. The Bertz CT molecular complexity index is 1150. The number of aryl methyl sites for hydroxylation is 1. The Hall–Kier alpha value is -2.79. The number of pyridine rings is 1. The van der Waals surface area contributed by atoms with Gasteiger partial charge in [0.05, 0.1) is 30.0 Å². The van der Waals surface area contributed by atoms with Crippen LogP contribution in [0.2, 0.25) is 0 Å². The highest BCUT2D eigenvalue weighted by atomic mass is 16.7. The van der Waals surface area contributed by atoms with Crippen molar-refractivity contribution in [3.8, 4) is 0 Å². The van der Waals surface area contributed by atoms with Gasteiger partial charge in [0, 0.05) is 31.3 Å². The standard InChI is InChI=1S/C23H34BN5O5/c1-21(2,3)32-20(31)28-9-10-29-16(14-28)12-18(26-29)25-17-11-15(13-27(8)19(17)30)24-33-22(4,5)23(6,7)34-24/h11-13H,9-10,14H2,1-8H3,(H,25,26). The maximum absolute atomic E-state index is 12.8. The predicted octanol–water partition coefficient (Wildman–Crippen LogP) is 2.38. The molecule has 4 rings (SSSR count). The van der Waals surface area contributed by atoms with Crippen molar-refractivity contribution < 1.29 is 18.8 Å². The van der Waals surface area contributed by atoms with Crippen LogP contribution in [0.5, 0.6) is 0 Å². The zero-order valence-corrected chi connectivity index (χ0v) is 21.3. The first-order valence-corrected chi connectivity index (χ1v) is 11.5. The summed E-state index contributed by atoms with van der Waals surface area (Å²) in [5.41, 5.74) is 0.257. The third-order valence-corrected chi connectivity index (χ3v) is 6.44. The smallest absolute Gasteiger partial charge is 0.444 e. The molecule has 0 spiro atoms. The molecule has 0 aromatic carbocycles. The molecule has 4 heterocycles. The van der Waals surface area contributed by atoms with Crippen LogP contribution in [0, 0.1) is 0 Å². The molecule has 1 N–H and O–H groups in total. The number of aromatic nitrogens is 3. The minimum atomic E-state index is -0.588. The number of ether oxygens (including phenoxy) is 1. The molecule has 34 heavy (non-hydrogen) atoms. The Morgan fingerprint density at radius 2 is 1.79 bits per heavy atom. The minimum absolute atomic E-state index is 0.193. The lowest BCUT2D eigenvalue weighted by Gasteiger charge is -2.32. The highest BCUT2D eigenvalue weighted by molar-refractivity contribution is 6.62. The number of amides is 1. The molecule has 0 bridgehead atoms. The Labute approximate surface area is 200 Å². The molecule has 1 saturated heterocycles. The van der Waals surface area contributed by atoms with Crippen molar-refractivity contribution in [3.63, 3.8) is 0 Å². The van der Waals surface area contributed by atoms with Crippen molar-refractivity contribution in [2.75, 3.05) is 11.9 Å². The van der Waals surface area contributed by atoms with E-state index in [4.69, 9.17) is 14.0 Å². The lowest BCUT2D eigenvalue weighted by atomic mass is 9.80. The van der Waals surface area contributed by atoms with Crippen LogP contribution in [0.3, 0.4) is 0 Å². The van der Waals surface area contributed by atoms with E-state index in [1.807, 2.05) is 59.2 Å². The van der Waals surface area contributed by atoms with Gasteiger partial charge in [-0.1, -0.05) is 0 Å². The van der Waals surface area contributed by atoms with E-state index < -0.39 is 23.9 Å². The van der Waals surface area contributed by atoms with E-state index in [2.05, 4.69) is 10.4 Å². The van der Waals surface area contributed by atoms with Gasteiger partial charge in [0.1, 0.15) is 11.3 Å². The molecule has 2 aliphatic rings. The summed E-state index contributed by atoms with van der Waals surface area (Å²) in [5.74, 6) is 0.532. The van der Waals surface area contributed by atoms with Crippen molar-refractivity contribution in [1.82, 2.24) is 19.2 Å². The zero-order valence-electron chi connectivity index (χ0n) is 21.3. The predicted molar refractivity (Wildman–Crippen MR) is 130 cm³/mol. The highest BCUT2D eigenvalue weighted by Crippen LogP contribution is 2.36. The van der Waals surface area contributed by atoms with E-state index in [0.29, 0.717) is 31.1 Å². The van der Waals surface area contributed by atoms with Crippen molar-refractivity contribution >= 4 is 30.2 Å². The van der Waals surface area contributed by atoms with Gasteiger partial charge in [-0.3, -0.25) is 9.48 Å². The third kappa shape index (κ3) is 4.72. The second-order valence-corrected chi connectivity index (χ2v) is 11.0. The molecule has 2 aromatic rings. The third-order valence-electron chi connectivity index (χ3n) is 6.44. The fourth-order valence-electron chi connectivity index (χ4n) is 3.88. The lowest BCUT2D eigenvalue weighted by molar-refractivity contribution is 0.00578.